The summed E-state index contributed by atoms with van der Waals surface area (Å²) in [6, 6.07) is 6.35. The minimum atomic E-state index is -0.517. The summed E-state index contributed by atoms with van der Waals surface area (Å²) in [6.45, 7) is 2.44. The SMILES string of the molecule is CCOC(=O)CC(=O)NCC1(c2ccc(F)cc2)CC1. The Hall–Kier alpha value is -1.91. The van der Waals surface area contributed by atoms with Gasteiger partial charge < -0.3 is 10.1 Å². The third-order valence-corrected chi connectivity index (χ3v) is 3.54. The predicted octanol–water partition coefficient (Wildman–Crippen LogP) is 1.93. The highest BCUT2D eigenvalue weighted by molar-refractivity contribution is 5.94. The molecule has 0 saturated heterocycles. The van der Waals surface area contributed by atoms with Gasteiger partial charge in [0, 0.05) is 12.0 Å². The average Bonchev–Trinajstić information content (AvgIpc) is 3.18. The van der Waals surface area contributed by atoms with E-state index in [-0.39, 0.29) is 30.2 Å². The maximum absolute atomic E-state index is 12.9. The van der Waals surface area contributed by atoms with Crippen molar-refractivity contribution in [2.45, 2.75) is 31.6 Å². The molecule has 4 nitrogen and oxygen atoms in total. The molecule has 0 heterocycles. The number of ether oxygens (including phenoxy) is 1. The minimum absolute atomic E-state index is 0.0992. The molecule has 1 fully saturated rings. The molecule has 0 aliphatic heterocycles. The summed E-state index contributed by atoms with van der Waals surface area (Å²) in [5.74, 6) is -1.12. The van der Waals surface area contributed by atoms with Crippen LogP contribution in [-0.4, -0.2) is 25.0 Å². The van der Waals surface area contributed by atoms with Gasteiger partial charge in [0.1, 0.15) is 12.2 Å². The number of amides is 1. The van der Waals surface area contributed by atoms with Crippen molar-refractivity contribution in [1.29, 1.82) is 0 Å². The molecule has 1 saturated carbocycles. The fourth-order valence-electron chi connectivity index (χ4n) is 2.20. The molecule has 1 N–H and O–H groups in total. The molecule has 0 aromatic heterocycles. The Labute approximate surface area is 117 Å². The van der Waals surface area contributed by atoms with E-state index in [2.05, 4.69) is 5.32 Å². The number of halogens is 1. The maximum Gasteiger partial charge on any atom is 0.315 e. The van der Waals surface area contributed by atoms with Crippen LogP contribution in [0.1, 0.15) is 31.7 Å². The Balaban J connectivity index is 1.86. The van der Waals surface area contributed by atoms with Crippen LogP contribution in [0.2, 0.25) is 0 Å². The van der Waals surface area contributed by atoms with Crippen molar-refractivity contribution in [3.63, 3.8) is 0 Å². The van der Waals surface area contributed by atoms with Crippen molar-refractivity contribution in [3.05, 3.63) is 35.6 Å². The van der Waals surface area contributed by atoms with E-state index in [9.17, 15) is 14.0 Å². The van der Waals surface area contributed by atoms with E-state index < -0.39 is 5.97 Å². The van der Waals surface area contributed by atoms with E-state index in [0.717, 1.165) is 18.4 Å². The third kappa shape index (κ3) is 3.56. The van der Waals surface area contributed by atoms with Crippen LogP contribution in [0, 0.1) is 5.82 Å². The van der Waals surface area contributed by atoms with E-state index in [1.54, 1.807) is 19.1 Å². The fraction of sp³-hybridized carbons (Fsp3) is 0.467. The van der Waals surface area contributed by atoms with Crippen LogP contribution in [0.5, 0.6) is 0 Å². The highest BCUT2D eigenvalue weighted by Crippen LogP contribution is 2.47. The molecule has 2 rings (SSSR count). The van der Waals surface area contributed by atoms with E-state index in [4.69, 9.17) is 4.74 Å². The Morgan fingerprint density at radius 3 is 2.50 bits per heavy atom. The second-order valence-electron chi connectivity index (χ2n) is 5.05. The number of esters is 1. The van der Waals surface area contributed by atoms with Gasteiger partial charge in [-0.2, -0.15) is 0 Å². The second-order valence-corrected chi connectivity index (χ2v) is 5.05. The zero-order valence-electron chi connectivity index (χ0n) is 11.4. The van der Waals surface area contributed by atoms with E-state index >= 15 is 0 Å². The summed E-state index contributed by atoms with van der Waals surface area (Å²) in [7, 11) is 0. The molecule has 1 aliphatic carbocycles. The molecular formula is C15H18FNO3. The molecule has 1 aromatic carbocycles. The zero-order chi connectivity index (χ0) is 14.6. The normalized spacial score (nSPS) is 15.5. The lowest BCUT2D eigenvalue weighted by atomic mass is 9.96. The topological polar surface area (TPSA) is 55.4 Å². The first-order chi connectivity index (χ1) is 9.55. The van der Waals surface area contributed by atoms with Gasteiger partial charge in [-0.15, -0.1) is 0 Å². The van der Waals surface area contributed by atoms with Crippen molar-refractivity contribution < 1.29 is 18.7 Å². The summed E-state index contributed by atoms with van der Waals surface area (Å²) in [4.78, 5) is 22.8. The van der Waals surface area contributed by atoms with E-state index in [0.29, 0.717) is 6.54 Å². The minimum Gasteiger partial charge on any atom is -0.466 e. The summed E-state index contributed by atoms with van der Waals surface area (Å²) in [5.41, 5.74) is 0.924. The number of rotatable bonds is 6. The molecule has 1 aliphatic rings. The predicted molar refractivity (Wildman–Crippen MR) is 71.6 cm³/mol. The molecule has 0 radical (unpaired) electrons. The van der Waals surface area contributed by atoms with E-state index in [1.807, 2.05) is 0 Å². The highest BCUT2D eigenvalue weighted by atomic mass is 19.1. The van der Waals surface area contributed by atoms with Gasteiger partial charge in [-0.1, -0.05) is 12.1 Å². The van der Waals surface area contributed by atoms with Crippen molar-refractivity contribution in [2.24, 2.45) is 0 Å². The first kappa shape index (κ1) is 14.5. The largest absolute Gasteiger partial charge is 0.466 e. The Morgan fingerprint density at radius 1 is 1.30 bits per heavy atom. The number of nitrogens with one attached hydrogen (secondary N) is 1. The second kappa shape index (κ2) is 6.03. The van der Waals surface area contributed by atoms with Gasteiger partial charge in [0.15, 0.2) is 0 Å². The van der Waals surface area contributed by atoms with Crippen molar-refractivity contribution in [1.82, 2.24) is 5.32 Å². The van der Waals surface area contributed by atoms with Gasteiger partial charge in [-0.25, -0.2) is 4.39 Å². The molecular weight excluding hydrogens is 261 g/mol. The number of carbonyl (C=O) groups excluding carboxylic acids is 2. The third-order valence-electron chi connectivity index (χ3n) is 3.54. The first-order valence-electron chi connectivity index (χ1n) is 6.74. The van der Waals surface area contributed by atoms with Crippen LogP contribution in [0.25, 0.3) is 0 Å². The van der Waals surface area contributed by atoms with Crippen molar-refractivity contribution in [2.75, 3.05) is 13.2 Å². The van der Waals surface area contributed by atoms with E-state index in [1.165, 1.54) is 12.1 Å². The average molecular weight is 279 g/mol. The molecule has 0 atom stereocenters. The Kier molecular flexibility index (Phi) is 4.37. The smallest absolute Gasteiger partial charge is 0.315 e. The lowest BCUT2D eigenvalue weighted by Crippen LogP contribution is -2.33. The van der Waals surface area contributed by atoms with Crippen molar-refractivity contribution >= 4 is 11.9 Å². The van der Waals surface area contributed by atoms with Crippen LogP contribution in [-0.2, 0) is 19.7 Å². The van der Waals surface area contributed by atoms with Gasteiger partial charge in [0.05, 0.1) is 6.61 Å². The molecule has 0 bridgehead atoms. The molecule has 5 heteroatoms. The van der Waals surface area contributed by atoms with Crippen molar-refractivity contribution in [3.8, 4) is 0 Å². The fourth-order valence-corrected chi connectivity index (χ4v) is 2.20. The number of hydrogen-bond donors (Lipinski definition) is 1. The molecule has 0 unspecified atom stereocenters. The Bertz CT molecular complexity index is 494. The number of hydrogen-bond acceptors (Lipinski definition) is 3. The monoisotopic (exact) mass is 279 g/mol. The van der Waals surface area contributed by atoms with Crippen LogP contribution in [0.4, 0.5) is 4.39 Å². The number of benzene rings is 1. The van der Waals surface area contributed by atoms with Gasteiger partial charge in [-0.3, -0.25) is 9.59 Å². The van der Waals surface area contributed by atoms with Crippen LogP contribution >= 0.6 is 0 Å². The standard InChI is InChI=1S/C15H18FNO3/c1-2-20-14(19)9-13(18)17-10-15(7-8-15)11-3-5-12(16)6-4-11/h3-6H,2,7-10H2,1H3,(H,17,18). The van der Waals surface area contributed by atoms with Gasteiger partial charge in [0.25, 0.3) is 0 Å². The molecule has 20 heavy (non-hydrogen) atoms. The summed E-state index contributed by atoms with van der Waals surface area (Å²) < 4.78 is 17.6. The molecule has 108 valence electrons. The molecule has 1 aromatic rings. The molecule has 1 amide bonds. The summed E-state index contributed by atoms with van der Waals surface area (Å²) >= 11 is 0. The van der Waals surface area contributed by atoms with Crippen LogP contribution in [0.3, 0.4) is 0 Å². The van der Waals surface area contributed by atoms with Gasteiger partial charge in [-0.05, 0) is 37.5 Å². The quantitative estimate of drug-likeness (QED) is 0.639. The number of carbonyl (C=O) groups is 2. The van der Waals surface area contributed by atoms with Crippen LogP contribution in [0.15, 0.2) is 24.3 Å². The summed E-state index contributed by atoms with van der Waals surface area (Å²) in [5, 5.41) is 2.75. The first-order valence-corrected chi connectivity index (χ1v) is 6.74. The lowest BCUT2D eigenvalue weighted by Gasteiger charge is -2.16. The van der Waals surface area contributed by atoms with Gasteiger partial charge in [0.2, 0.25) is 5.91 Å². The maximum atomic E-state index is 12.9. The lowest BCUT2D eigenvalue weighted by molar-refractivity contribution is -0.145. The Morgan fingerprint density at radius 2 is 1.95 bits per heavy atom. The molecule has 0 spiro atoms. The zero-order valence-corrected chi connectivity index (χ0v) is 11.4. The highest BCUT2D eigenvalue weighted by Gasteiger charge is 2.44. The van der Waals surface area contributed by atoms with Gasteiger partial charge >= 0.3 is 5.97 Å². The van der Waals surface area contributed by atoms with Crippen LogP contribution < -0.4 is 5.32 Å². The summed E-state index contributed by atoms with van der Waals surface area (Å²) in [6.07, 6.45) is 1.66.